The number of methoxy groups -OCH3 is 1. The van der Waals surface area contributed by atoms with Crippen LogP contribution < -0.4 is 15.4 Å². The number of nitriles is 1. The van der Waals surface area contributed by atoms with Gasteiger partial charge in [-0.1, -0.05) is 17.7 Å². The Bertz CT molecular complexity index is 1360. The van der Waals surface area contributed by atoms with Crippen molar-refractivity contribution in [1.29, 1.82) is 5.26 Å². The Balaban J connectivity index is 1.63. The summed E-state index contributed by atoms with van der Waals surface area (Å²) in [7, 11) is 1.51. The average molecular weight is 508 g/mol. The van der Waals surface area contributed by atoms with Gasteiger partial charge in [0.05, 0.1) is 34.6 Å². The number of fused-ring (bicyclic) bond motifs is 1. The number of anilines is 3. The number of hydrogen-bond donors (Lipinski definition) is 2. The fourth-order valence-corrected chi connectivity index (χ4v) is 4.67. The number of ether oxygens (including phenoxy) is 1. The number of benzene rings is 2. The molecule has 36 heavy (non-hydrogen) atoms. The van der Waals surface area contributed by atoms with Gasteiger partial charge < -0.3 is 15.4 Å². The SMILES string of the molecule is COc1cc2ncc(C#N)c(Nc3ccc(F)c(Cl)c3)c2cc1NC(=O)/C=C/CN1C(C)CCC1C. The second-order valence-corrected chi connectivity index (χ2v) is 9.25. The quantitative estimate of drug-likeness (QED) is 0.380. The van der Waals surface area contributed by atoms with E-state index in [1.54, 1.807) is 12.1 Å². The van der Waals surface area contributed by atoms with Crippen LogP contribution in [0.2, 0.25) is 5.02 Å². The fraction of sp³-hybridized carbons (Fsp3) is 0.296. The van der Waals surface area contributed by atoms with E-state index in [1.807, 2.05) is 6.08 Å². The number of aromatic nitrogens is 1. The zero-order valence-corrected chi connectivity index (χ0v) is 21.1. The Morgan fingerprint density at radius 3 is 2.72 bits per heavy atom. The van der Waals surface area contributed by atoms with Crippen LogP contribution >= 0.6 is 11.6 Å². The predicted molar refractivity (Wildman–Crippen MR) is 140 cm³/mol. The van der Waals surface area contributed by atoms with E-state index in [0.29, 0.717) is 52.3 Å². The van der Waals surface area contributed by atoms with Crippen molar-refractivity contribution in [1.82, 2.24) is 9.88 Å². The lowest BCUT2D eigenvalue weighted by atomic mass is 10.1. The number of hydrogen-bond acceptors (Lipinski definition) is 6. The van der Waals surface area contributed by atoms with Gasteiger partial charge in [0.2, 0.25) is 5.91 Å². The molecule has 4 rings (SSSR count). The molecule has 2 unspecified atom stereocenters. The van der Waals surface area contributed by atoms with E-state index >= 15 is 0 Å². The van der Waals surface area contributed by atoms with Gasteiger partial charge in [0, 0.05) is 48.0 Å². The summed E-state index contributed by atoms with van der Waals surface area (Å²) in [5.41, 5.74) is 2.21. The molecule has 2 N–H and O–H groups in total. The summed E-state index contributed by atoms with van der Waals surface area (Å²) in [4.78, 5) is 19.4. The van der Waals surface area contributed by atoms with Gasteiger partial charge in [0.1, 0.15) is 17.6 Å². The van der Waals surface area contributed by atoms with Gasteiger partial charge in [0.15, 0.2) is 0 Å². The van der Waals surface area contributed by atoms with Crippen LogP contribution in [0.25, 0.3) is 10.9 Å². The lowest BCUT2D eigenvalue weighted by Crippen LogP contribution is -2.32. The van der Waals surface area contributed by atoms with Crippen LogP contribution in [0.4, 0.5) is 21.5 Å². The van der Waals surface area contributed by atoms with Crippen LogP contribution in [0.5, 0.6) is 5.75 Å². The number of nitrogens with zero attached hydrogens (tertiary/aromatic N) is 3. The van der Waals surface area contributed by atoms with Crippen LogP contribution in [0.1, 0.15) is 32.3 Å². The third-order valence-electron chi connectivity index (χ3n) is 6.48. The fourth-order valence-electron chi connectivity index (χ4n) is 4.49. The van der Waals surface area contributed by atoms with E-state index in [4.69, 9.17) is 16.3 Å². The molecule has 0 bridgehead atoms. The zero-order chi connectivity index (χ0) is 25.8. The standard InChI is InChI=1S/C27H27ClFN5O2/c1-16-6-7-17(2)34(16)10-4-5-26(35)33-24-12-20-23(13-25(24)36-3)31-15-18(14-30)27(20)32-19-8-9-22(29)21(28)11-19/h4-5,8-9,11-13,15-17H,6-7,10H2,1-3H3,(H,31,32)(H,33,35)/b5-4+. The Hall–Kier alpha value is -3.67. The summed E-state index contributed by atoms with van der Waals surface area (Å²) in [5, 5.41) is 16.2. The maximum atomic E-state index is 13.6. The molecular weight excluding hydrogens is 481 g/mol. The van der Waals surface area contributed by atoms with Crippen molar-refractivity contribution in [2.75, 3.05) is 24.3 Å². The molecule has 1 aliphatic rings. The van der Waals surface area contributed by atoms with Crippen molar-refractivity contribution in [2.45, 2.75) is 38.8 Å². The third-order valence-corrected chi connectivity index (χ3v) is 6.77. The minimum absolute atomic E-state index is 0.0454. The smallest absolute Gasteiger partial charge is 0.248 e. The number of carbonyl (C=O) groups excluding carboxylic acids is 1. The minimum Gasteiger partial charge on any atom is -0.494 e. The van der Waals surface area contributed by atoms with E-state index < -0.39 is 5.82 Å². The van der Waals surface area contributed by atoms with Gasteiger partial charge in [-0.3, -0.25) is 14.7 Å². The maximum absolute atomic E-state index is 13.6. The van der Waals surface area contributed by atoms with Gasteiger partial charge >= 0.3 is 0 Å². The van der Waals surface area contributed by atoms with Crippen molar-refractivity contribution >= 4 is 45.5 Å². The molecule has 2 heterocycles. The molecular formula is C27H27ClFN5O2. The monoisotopic (exact) mass is 507 g/mol. The molecule has 0 spiro atoms. The van der Waals surface area contributed by atoms with E-state index in [-0.39, 0.29) is 16.5 Å². The molecule has 2 aromatic carbocycles. The van der Waals surface area contributed by atoms with Crippen molar-refractivity contribution in [2.24, 2.45) is 0 Å². The first-order valence-electron chi connectivity index (χ1n) is 11.7. The number of likely N-dealkylation sites (tertiary alicyclic amines) is 1. The summed E-state index contributed by atoms with van der Waals surface area (Å²) in [6.07, 6.45) is 7.15. The Morgan fingerprint density at radius 1 is 1.31 bits per heavy atom. The number of pyridine rings is 1. The average Bonchev–Trinajstić information content (AvgIpc) is 3.18. The van der Waals surface area contributed by atoms with Gasteiger partial charge in [-0.05, 0) is 51.0 Å². The first-order valence-corrected chi connectivity index (χ1v) is 12.0. The summed E-state index contributed by atoms with van der Waals surface area (Å²) in [5.74, 6) is -0.408. The minimum atomic E-state index is -0.543. The maximum Gasteiger partial charge on any atom is 0.248 e. The largest absolute Gasteiger partial charge is 0.494 e. The second-order valence-electron chi connectivity index (χ2n) is 8.85. The number of amides is 1. The first-order chi connectivity index (χ1) is 17.3. The summed E-state index contributed by atoms with van der Waals surface area (Å²) >= 11 is 5.93. The lowest BCUT2D eigenvalue weighted by molar-refractivity contribution is -0.111. The molecule has 7 nitrogen and oxygen atoms in total. The van der Waals surface area contributed by atoms with Crippen LogP contribution in [-0.4, -0.2) is 41.5 Å². The number of rotatable bonds is 7. The molecule has 9 heteroatoms. The van der Waals surface area contributed by atoms with Crippen molar-refractivity contribution in [3.05, 3.63) is 65.1 Å². The van der Waals surface area contributed by atoms with Gasteiger partial charge in [-0.25, -0.2) is 4.39 Å². The van der Waals surface area contributed by atoms with E-state index in [1.165, 1.54) is 37.6 Å². The van der Waals surface area contributed by atoms with Crippen molar-refractivity contribution in [3.63, 3.8) is 0 Å². The van der Waals surface area contributed by atoms with Crippen molar-refractivity contribution in [3.8, 4) is 11.8 Å². The molecule has 2 atom stereocenters. The van der Waals surface area contributed by atoms with E-state index in [2.05, 4.69) is 40.4 Å². The molecule has 1 saturated heterocycles. The summed E-state index contributed by atoms with van der Waals surface area (Å²) < 4.78 is 19.1. The molecule has 1 fully saturated rings. The van der Waals surface area contributed by atoms with Crippen LogP contribution in [0.15, 0.2) is 48.7 Å². The molecule has 1 aliphatic heterocycles. The Kier molecular flexibility index (Phi) is 7.73. The topological polar surface area (TPSA) is 90.3 Å². The molecule has 0 radical (unpaired) electrons. The number of carbonyl (C=O) groups is 1. The Morgan fingerprint density at radius 2 is 2.06 bits per heavy atom. The molecule has 1 aromatic heterocycles. The molecule has 0 saturated carbocycles. The van der Waals surface area contributed by atoms with Crippen LogP contribution in [0.3, 0.4) is 0 Å². The predicted octanol–water partition coefficient (Wildman–Crippen LogP) is 6.02. The van der Waals surface area contributed by atoms with Crippen LogP contribution in [-0.2, 0) is 4.79 Å². The lowest BCUT2D eigenvalue weighted by Gasteiger charge is -2.24. The van der Waals surface area contributed by atoms with Gasteiger partial charge in [0.25, 0.3) is 0 Å². The first kappa shape index (κ1) is 25.4. The van der Waals surface area contributed by atoms with E-state index in [0.717, 1.165) is 12.8 Å². The highest BCUT2D eigenvalue weighted by molar-refractivity contribution is 6.31. The van der Waals surface area contributed by atoms with Gasteiger partial charge in [-0.2, -0.15) is 5.26 Å². The second kappa shape index (κ2) is 10.9. The highest BCUT2D eigenvalue weighted by Crippen LogP contribution is 2.36. The molecule has 186 valence electrons. The number of halogens is 2. The van der Waals surface area contributed by atoms with Crippen molar-refractivity contribution < 1.29 is 13.9 Å². The number of nitrogens with one attached hydrogen (secondary N) is 2. The Labute approximate surface area is 214 Å². The normalized spacial score (nSPS) is 17.9. The van der Waals surface area contributed by atoms with Crippen LogP contribution in [0, 0.1) is 17.1 Å². The summed E-state index contributed by atoms with van der Waals surface area (Å²) in [6, 6.07) is 10.7. The highest BCUT2D eigenvalue weighted by atomic mass is 35.5. The van der Waals surface area contributed by atoms with E-state index in [9.17, 15) is 14.4 Å². The zero-order valence-electron chi connectivity index (χ0n) is 20.3. The highest BCUT2D eigenvalue weighted by Gasteiger charge is 2.25. The van der Waals surface area contributed by atoms with Gasteiger partial charge in [-0.15, -0.1) is 0 Å². The molecule has 3 aromatic rings. The molecule has 1 amide bonds. The summed E-state index contributed by atoms with van der Waals surface area (Å²) in [6.45, 7) is 5.10. The third kappa shape index (κ3) is 5.43. The molecule has 0 aliphatic carbocycles.